The lowest BCUT2D eigenvalue weighted by atomic mass is 9.74. The van der Waals surface area contributed by atoms with Gasteiger partial charge in [0.1, 0.15) is 5.41 Å². The molecule has 0 spiro atoms. The van der Waals surface area contributed by atoms with Crippen LogP contribution in [0.4, 0.5) is 5.69 Å². The molecule has 2 aromatic carbocycles. The number of morpholine rings is 2. The SMILES string of the molecule is Cc1ccc2c(c1)C(CN1CCOCC1)(c1ccccc1)C(=O)N2CN1CCOCC1. The molecule has 0 saturated carbocycles. The molecule has 0 N–H and O–H groups in total. The van der Waals surface area contributed by atoms with Crippen molar-refractivity contribution >= 4 is 11.6 Å². The largest absolute Gasteiger partial charge is 0.379 e. The Hall–Kier alpha value is -2.25. The zero-order chi connectivity index (χ0) is 21.3. The van der Waals surface area contributed by atoms with Crippen molar-refractivity contribution in [2.24, 2.45) is 0 Å². The van der Waals surface area contributed by atoms with Crippen molar-refractivity contribution in [3.05, 3.63) is 65.2 Å². The Morgan fingerprint density at radius 3 is 2.19 bits per heavy atom. The van der Waals surface area contributed by atoms with E-state index in [1.165, 1.54) is 5.56 Å². The first-order valence-electron chi connectivity index (χ1n) is 11.3. The van der Waals surface area contributed by atoms with Crippen LogP contribution in [0.3, 0.4) is 0 Å². The second kappa shape index (κ2) is 8.71. The molecular formula is C25H31N3O3. The number of aryl methyl sites for hydroxylation is 1. The molecule has 0 aromatic heterocycles. The van der Waals surface area contributed by atoms with E-state index in [9.17, 15) is 4.79 Å². The lowest BCUT2D eigenvalue weighted by molar-refractivity contribution is -0.123. The van der Waals surface area contributed by atoms with Gasteiger partial charge in [-0.15, -0.1) is 0 Å². The second-order valence-electron chi connectivity index (χ2n) is 8.79. The monoisotopic (exact) mass is 421 g/mol. The van der Waals surface area contributed by atoms with E-state index in [2.05, 4.69) is 47.1 Å². The lowest BCUT2D eigenvalue weighted by Crippen LogP contribution is -2.53. The zero-order valence-electron chi connectivity index (χ0n) is 18.3. The number of anilines is 1. The van der Waals surface area contributed by atoms with E-state index in [1.54, 1.807) is 0 Å². The summed E-state index contributed by atoms with van der Waals surface area (Å²) in [5.74, 6) is 0.178. The fraction of sp³-hybridized carbons (Fsp3) is 0.480. The van der Waals surface area contributed by atoms with E-state index < -0.39 is 5.41 Å². The van der Waals surface area contributed by atoms with Gasteiger partial charge in [0.15, 0.2) is 0 Å². The smallest absolute Gasteiger partial charge is 0.244 e. The van der Waals surface area contributed by atoms with Crippen LogP contribution < -0.4 is 4.90 Å². The van der Waals surface area contributed by atoms with Crippen LogP contribution in [0, 0.1) is 6.92 Å². The van der Waals surface area contributed by atoms with Gasteiger partial charge in [-0.3, -0.25) is 19.5 Å². The van der Waals surface area contributed by atoms with E-state index in [0.29, 0.717) is 13.2 Å². The Kier molecular flexibility index (Phi) is 5.80. The number of benzene rings is 2. The molecule has 31 heavy (non-hydrogen) atoms. The van der Waals surface area contributed by atoms with Gasteiger partial charge in [0.05, 0.1) is 33.1 Å². The van der Waals surface area contributed by atoms with Crippen molar-refractivity contribution in [3.8, 4) is 0 Å². The maximum atomic E-state index is 14.4. The molecule has 0 bridgehead atoms. The molecule has 1 unspecified atom stereocenters. The number of carbonyl (C=O) groups excluding carboxylic acids is 1. The minimum Gasteiger partial charge on any atom is -0.379 e. The van der Waals surface area contributed by atoms with Crippen LogP contribution in [0.2, 0.25) is 0 Å². The molecule has 2 saturated heterocycles. The molecule has 2 fully saturated rings. The minimum absolute atomic E-state index is 0.178. The number of carbonyl (C=O) groups is 1. The predicted octanol–water partition coefficient (Wildman–Crippen LogP) is 2.25. The van der Waals surface area contributed by atoms with Crippen molar-refractivity contribution in [1.82, 2.24) is 9.80 Å². The quantitative estimate of drug-likeness (QED) is 0.741. The molecule has 2 aromatic rings. The molecule has 5 rings (SSSR count). The topological polar surface area (TPSA) is 45.2 Å². The van der Waals surface area contributed by atoms with Crippen LogP contribution in [0.15, 0.2) is 48.5 Å². The van der Waals surface area contributed by atoms with Crippen LogP contribution in [0.25, 0.3) is 0 Å². The standard InChI is InChI=1S/C25H31N3O3/c1-20-7-8-23-22(17-20)25(21-5-3-2-4-6-21,18-26-9-13-30-14-10-26)24(29)28(23)19-27-11-15-31-16-12-27/h2-8,17H,9-16,18-19H2,1H3. The van der Waals surface area contributed by atoms with Gasteiger partial charge in [0.25, 0.3) is 0 Å². The molecule has 0 radical (unpaired) electrons. The van der Waals surface area contributed by atoms with E-state index in [0.717, 1.165) is 69.4 Å². The van der Waals surface area contributed by atoms with E-state index in [1.807, 2.05) is 23.1 Å². The predicted molar refractivity (Wildman–Crippen MR) is 120 cm³/mol. The summed E-state index contributed by atoms with van der Waals surface area (Å²) in [6.07, 6.45) is 0. The highest BCUT2D eigenvalue weighted by Gasteiger charge is 2.53. The number of amides is 1. The Bertz CT molecular complexity index is 923. The van der Waals surface area contributed by atoms with Gasteiger partial charge in [0, 0.05) is 38.4 Å². The fourth-order valence-corrected chi connectivity index (χ4v) is 5.11. The molecule has 6 nitrogen and oxygen atoms in total. The van der Waals surface area contributed by atoms with Crippen molar-refractivity contribution < 1.29 is 14.3 Å². The van der Waals surface area contributed by atoms with Gasteiger partial charge in [-0.05, 0) is 24.1 Å². The van der Waals surface area contributed by atoms with E-state index in [4.69, 9.17) is 9.47 Å². The first-order chi connectivity index (χ1) is 15.2. The molecule has 1 atom stereocenters. The van der Waals surface area contributed by atoms with Crippen molar-refractivity contribution in [1.29, 1.82) is 0 Å². The van der Waals surface area contributed by atoms with Crippen molar-refractivity contribution in [2.75, 3.05) is 70.7 Å². The highest BCUT2D eigenvalue weighted by Crippen LogP contribution is 2.47. The summed E-state index contributed by atoms with van der Waals surface area (Å²) < 4.78 is 11.1. The van der Waals surface area contributed by atoms with E-state index >= 15 is 0 Å². The summed E-state index contributed by atoms with van der Waals surface area (Å²) in [5.41, 5.74) is 3.72. The number of nitrogens with zero attached hydrogens (tertiary/aromatic N) is 3. The Morgan fingerprint density at radius 2 is 1.52 bits per heavy atom. The van der Waals surface area contributed by atoms with Gasteiger partial charge in [-0.2, -0.15) is 0 Å². The maximum absolute atomic E-state index is 14.4. The summed E-state index contributed by atoms with van der Waals surface area (Å²) in [4.78, 5) is 21.1. The van der Waals surface area contributed by atoms with E-state index in [-0.39, 0.29) is 5.91 Å². The molecular weight excluding hydrogens is 390 g/mol. The third kappa shape index (κ3) is 3.78. The Labute approximate surface area is 184 Å². The summed E-state index contributed by atoms with van der Waals surface area (Å²) in [6.45, 7) is 9.69. The summed E-state index contributed by atoms with van der Waals surface area (Å²) >= 11 is 0. The first-order valence-corrected chi connectivity index (χ1v) is 11.3. The molecule has 3 aliphatic rings. The number of hydrogen-bond donors (Lipinski definition) is 0. The van der Waals surface area contributed by atoms with Crippen LogP contribution in [-0.2, 0) is 19.7 Å². The second-order valence-corrected chi connectivity index (χ2v) is 8.79. The van der Waals surface area contributed by atoms with Gasteiger partial charge in [0.2, 0.25) is 5.91 Å². The Balaban J connectivity index is 1.60. The molecule has 3 aliphatic heterocycles. The van der Waals surface area contributed by atoms with Crippen LogP contribution in [0.1, 0.15) is 16.7 Å². The van der Waals surface area contributed by atoms with Crippen LogP contribution in [0.5, 0.6) is 0 Å². The first kappa shape index (κ1) is 20.6. The minimum atomic E-state index is -0.702. The molecule has 6 heteroatoms. The number of ether oxygens (including phenoxy) is 2. The third-order valence-corrected chi connectivity index (χ3v) is 6.79. The third-order valence-electron chi connectivity index (χ3n) is 6.79. The normalized spacial score (nSPS) is 25.1. The number of rotatable bonds is 5. The van der Waals surface area contributed by atoms with Gasteiger partial charge in [-0.1, -0.05) is 48.0 Å². The molecule has 0 aliphatic carbocycles. The lowest BCUT2D eigenvalue weighted by Gasteiger charge is -2.37. The zero-order valence-corrected chi connectivity index (χ0v) is 18.3. The van der Waals surface area contributed by atoms with Crippen LogP contribution >= 0.6 is 0 Å². The van der Waals surface area contributed by atoms with Gasteiger partial charge < -0.3 is 9.47 Å². The molecule has 164 valence electrons. The number of fused-ring (bicyclic) bond motifs is 1. The summed E-state index contributed by atoms with van der Waals surface area (Å²) in [7, 11) is 0. The highest BCUT2D eigenvalue weighted by atomic mass is 16.5. The van der Waals surface area contributed by atoms with Crippen molar-refractivity contribution in [3.63, 3.8) is 0 Å². The van der Waals surface area contributed by atoms with Gasteiger partial charge in [-0.25, -0.2) is 0 Å². The van der Waals surface area contributed by atoms with Crippen molar-refractivity contribution in [2.45, 2.75) is 12.3 Å². The Morgan fingerprint density at radius 1 is 0.871 bits per heavy atom. The molecule has 3 heterocycles. The average Bonchev–Trinajstić information content (AvgIpc) is 3.04. The van der Waals surface area contributed by atoms with Crippen LogP contribution in [-0.4, -0.2) is 81.5 Å². The highest BCUT2D eigenvalue weighted by molar-refractivity contribution is 6.10. The molecule has 1 amide bonds. The average molecular weight is 422 g/mol. The summed E-state index contributed by atoms with van der Waals surface area (Å²) in [5, 5.41) is 0. The fourth-order valence-electron chi connectivity index (χ4n) is 5.11. The summed E-state index contributed by atoms with van der Waals surface area (Å²) in [6, 6.07) is 16.8. The number of hydrogen-bond acceptors (Lipinski definition) is 5. The van der Waals surface area contributed by atoms with Gasteiger partial charge >= 0.3 is 0 Å². The maximum Gasteiger partial charge on any atom is 0.244 e.